The van der Waals surface area contributed by atoms with Crippen molar-refractivity contribution in [1.82, 2.24) is 15.5 Å². The molecule has 33 heavy (non-hydrogen) atoms. The molecule has 1 saturated heterocycles. The molecule has 7 heteroatoms. The van der Waals surface area contributed by atoms with Gasteiger partial charge in [0.2, 0.25) is 11.8 Å². The molecule has 1 aromatic rings. The topological polar surface area (TPSA) is 87.7 Å². The van der Waals surface area contributed by atoms with Crippen molar-refractivity contribution in [1.29, 1.82) is 0 Å². The van der Waals surface area contributed by atoms with E-state index < -0.39 is 23.2 Å². The van der Waals surface area contributed by atoms with Crippen LogP contribution in [0.4, 0.5) is 4.79 Å². The Morgan fingerprint density at radius 1 is 1.15 bits per heavy atom. The Labute approximate surface area is 197 Å². The molecule has 1 heterocycles. The zero-order chi connectivity index (χ0) is 24.6. The highest BCUT2D eigenvalue weighted by molar-refractivity contribution is 5.90. The first-order valence-electron chi connectivity index (χ1n) is 11.7. The number of carbonyl (C=O) groups excluding carboxylic acids is 3. The highest BCUT2D eigenvalue weighted by Gasteiger charge is 2.44. The van der Waals surface area contributed by atoms with Crippen LogP contribution in [0.15, 0.2) is 43.0 Å². The Morgan fingerprint density at radius 2 is 1.76 bits per heavy atom. The molecule has 1 atom stereocenters. The number of nitrogens with one attached hydrogen (secondary N) is 2. The fraction of sp³-hybridized carbons (Fsp3) is 0.577. The minimum atomic E-state index is -0.701. The van der Waals surface area contributed by atoms with Crippen LogP contribution in [0.2, 0.25) is 0 Å². The number of hydrogen-bond donors (Lipinski definition) is 2. The van der Waals surface area contributed by atoms with Gasteiger partial charge >= 0.3 is 6.09 Å². The third-order valence-corrected chi connectivity index (χ3v) is 5.79. The first-order chi connectivity index (χ1) is 15.5. The summed E-state index contributed by atoms with van der Waals surface area (Å²) >= 11 is 0. The van der Waals surface area contributed by atoms with Gasteiger partial charge in [0, 0.05) is 19.6 Å². The van der Waals surface area contributed by atoms with Crippen molar-refractivity contribution in [3.05, 3.63) is 48.6 Å². The lowest BCUT2D eigenvalue weighted by Crippen LogP contribution is -2.56. The molecule has 182 valence electrons. The summed E-state index contributed by atoms with van der Waals surface area (Å²) in [6.45, 7) is 14.3. The quantitative estimate of drug-likeness (QED) is 0.582. The average Bonchev–Trinajstić information content (AvgIpc) is 2.75. The third kappa shape index (κ3) is 7.34. The van der Waals surface area contributed by atoms with Gasteiger partial charge in [-0.05, 0) is 51.5 Å². The van der Waals surface area contributed by atoms with Crippen LogP contribution >= 0.6 is 0 Å². The van der Waals surface area contributed by atoms with Gasteiger partial charge in [0.05, 0.1) is 5.41 Å². The Bertz CT molecular complexity index is 822. The fourth-order valence-corrected chi connectivity index (χ4v) is 4.21. The van der Waals surface area contributed by atoms with Gasteiger partial charge in [-0.1, -0.05) is 50.3 Å². The molecule has 1 fully saturated rings. The second-order valence-corrected chi connectivity index (χ2v) is 10.1. The van der Waals surface area contributed by atoms with Crippen molar-refractivity contribution in [3.8, 4) is 0 Å². The van der Waals surface area contributed by atoms with E-state index in [0.29, 0.717) is 38.9 Å². The molecule has 2 N–H and O–H groups in total. The van der Waals surface area contributed by atoms with E-state index in [1.807, 2.05) is 44.2 Å². The molecule has 0 aliphatic carbocycles. The van der Waals surface area contributed by atoms with Gasteiger partial charge in [-0.25, -0.2) is 4.79 Å². The van der Waals surface area contributed by atoms with Gasteiger partial charge in [0.1, 0.15) is 11.6 Å². The molecule has 0 unspecified atom stereocenters. The number of benzene rings is 1. The zero-order valence-electron chi connectivity index (χ0n) is 20.6. The van der Waals surface area contributed by atoms with Gasteiger partial charge in [-0.15, -0.1) is 6.58 Å². The van der Waals surface area contributed by atoms with Gasteiger partial charge in [0.15, 0.2) is 0 Å². The van der Waals surface area contributed by atoms with Crippen LogP contribution < -0.4 is 10.6 Å². The number of carbonyl (C=O) groups is 3. The van der Waals surface area contributed by atoms with Crippen molar-refractivity contribution in [2.75, 3.05) is 19.6 Å². The average molecular weight is 458 g/mol. The molecule has 7 nitrogen and oxygen atoms in total. The van der Waals surface area contributed by atoms with E-state index in [9.17, 15) is 14.4 Å². The summed E-state index contributed by atoms with van der Waals surface area (Å²) in [5.41, 5.74) is -0.397. The Hall–Kier alpha value is -2.83. The van der Waals surface area contributed by atoms with Crippen LogP contribution in [0, 0.1) is 5.92 Å². The van der Waals surface area contributed by atoms with E-state index in [1.54, 1.807) is 31.7 Å². The number of ether oxygens (including phenoxy) is 1. The predicted octanol–water partition coefficient (Wildman–Crippen LogP) is 3.79. The number of piperidine rings is 1. The summed E-state index contributed by atoms with van der Waals surface area (Å²) in [6, 6.07) is 9.06. The molecule has 0 spiro atoms. The minimum absolute atomic E-state index is 0.0497. The first-order valence-corrected chi connectivity index (χ1v) is 11.7. The second-order valence-electron chi connectivity index (χ2n) is 10.1. The number of hydrogen-bond acceptors (Lipinski definition) is 4. The van der Waals surface area contributed by atoms with Crippen LogP contribution in [-0.4, -0.2) is 54.1 Å². The number of alkyl carbamates (subject to hydrolysis) is 1. The van der Waals surface area contributed by atoms with Crippen LogP contribution in [0.25, 0.3) is 0 Å². The maximum absolute atomic E-state index is 13.4. The van der Waals surface area contributed by atoms with Gasteiger partial charge in [0.25, 0.3) is 0 Å². The molecule has 0 radical (unpaired) electrons. The van der Waals surface area contributed by atoms with Crippen molar-refractivity contribution in [2.24, 2.45) is 5.92 Å². The number of amides is 3. The third-order valence-electron chi connectivity index (χ3n) is 5.79. The van der Waals surface area contributed by atoms with Crippen molar-refractivity contribution >= 4 is 17.9 Å². The van der Waals surface area contributed by atoms with E-state index in [0.717, 1.165) is 5.56 Å². The highest BCUT2D eigenvalue weighted by Crippen LogP contribution is 2.36. The summed E-state index contributed by atoms with van der Waals surface area (Å²) < 4.78 is 5.37. The Balaban J connectivity index is 2.17. The highest BCUT2D eigenvalue weighted by atomic mass is 16.6. The Kier molecular flexibility index (Phi) is 9.08. The molecular weight excluding hydrogens is 418 g/mol. The van der Waals surface area contributed by atoms with E-state index in [4.69, 9.17) is 4.74 Å². The summed E-state index contributed by atoms with van der Waals surface area (Å²) in [4.78, 5) is 40.7. The molecule has 1 aromatic carbocycles. The summed E-state index contributed by atoms with van der Waals surface area (Å²) in [5.74, 6) is 0.0285. The molecule has 1 aliphatic rings. The van der Waals surface area contributed by atoms with E-state index in [-0.39, 0.29) is 17.7 Å². The van der Waals surface area contributed by atoms with Gasteiger partial charge in [-0.2, -0.15) is 0 Å². The maximum atomic E-state index is 13.4. The standard InChI is InChI=1S/C26H39N3O4/c1-7-15-27-23(31)26(20-11-9-8-10-12-20)13-16-29(17-14-26)22(30)21(18-19(2)3)28-24(32)33-25(4,5)6/h7-12,19,21H,1,13-18H2,2-6H3,(H,27,31)(H,28,32)/t21-/m1/s1. The van der Waals surface area contributed by atoms with Crippen molar-refractivity contribution in [2.45, 2.75) is 70.9 Å². The number of likely N-dealkylation sites (tertiary alicyclic amines) is 1. The largest absolute Gasteiger partial charge is 0.444 e. The van der Waals surface area contributed by atoms with Crippen molar-refractivity contribution < 1.29 is 19.1 Å². The second kappa shape index (κ2) is 11.3. The lowest BCUT2D eigenvalue weighted by Gasteiger charge is -2.42. The number of rotatable bonds is 8. The molecule has 0 aromatic heterocycles. The van der Waals surface area contributed by atoms with Crippen molar-refractivity contribution in [3.63, 3.8) is 0 Å². The molecule has 2 rings (SSSR count). The van der Waals surface area contributed by atoms with Crippen LogP contribution in [-0.2, 0) is 19.7 Å². The van der Waals surface area contributed by atoms with Gasteiger partial charge in [-0.3, -0.25) is 9.59 Å². The van der Waals surface area contributed by atoms with Crippen LogP contribution in [0.5, 0.6) is 0 Å². The van der Waals surface area contributed by atoms with E-state index in [2.05, 4.69) is 17.2 Å². The molecular formula is C26H39N3O4. The van der Waals surface area contributed by atoms with Crippen LogP contribution in [0.3, 0.4) is 0 Å². The summed E-state index contributed by atoms with van der Waals surface area (Å²) in [7, 11) is 0. The monoisotopic (exact) mass is 457 g/mol. The summed E-state index contributed by atoms with van der Waals surface area (Å²) in [5, 5.41) is 5.71. The van der Waals surface area contributed by atoms with E-state index >= 15 is 0 Å². The van der Waals surface area contributed by atoms with Crippen LogP contribution in [0.1, 0.15) is 59.4 Å². The zero-order valence-corrected chi connectivity index (χ0v) is 20.6. The van der Waals surface area contributed by atoms with Gasteiger partial charge < -0.3 is 20.3 Å². The summed E-state index contributed by atoms with van der Waals surface area (Å²) in [6.07, 6.45) is 2.59. The maximum Gasteiger partial charge on any atom is 0.408 e. The number of nitrogens with zero attached hydrogens (tertiary/aromatic N) is 1. The normalized spacial score (nSPS) is 16.6. The lowest BCUT2D eigenvalue weighted by atomic mass is 9.71. The fourth-order valence-electron chi connectivity index (χ4n) is 4.21. The predicted molar refractivity (Wildman–Crippen MR) is 130 cm³/mol. The Morgan fingerprint density at radius 3 is 2.27 bits per heavy atom. The SMILES string of the molecule is C=CCNC(=O)C1(c2ccccc2)CCN(C(=O)[C@@H](CC(C)C)NC(=O)OC(C)(C)C)CC1. The first kappa shape index (κ1) is 26.4. The lowest BCUT2D eigenvalue weighted by molar-refractivity contribution is -0.138. The smallest absolute Gasteiger partial charge is 0.408 e. The molecule has 0 bridgehead atoms. The molecule has 0 saturated carbocycles. The minimum Gasteiger partial charge on any atom is -0.444 e. The molecule has 3 amide bonds. The van der Waals surface area contributed by atoms with E-state index in [1.165, 1.54) is 0 Å². The molecule has 1 aliphatic heterocycles.